The minimum absolute atomic E-state index is 0.0781. The van der Waals surface area contributed by atoms with Crippen LogP contribution in [0.15, 0.2) is 52.7 Å². The van der Waals surface area contributed by atoms with Gasteiger partial charge in [0, 0.05) is 15.8 Å². The molecule has 0 aliphatic heterocycles. The van der Waals surface area contributed by atoms with E-state index in [4.69, 9.17) is 23.2 Å². The van der Waals surface area contributed by atoms with E-state index in [1.165, 1.54) is 28.7 Å². The molecule has 1 heterocycles. The number of rotatable bonds is 5. The Labute approximate surface area is 170 Å². The molecular weight excluding hydrogens is 407 g/mol. The Morgan fingerprint density at radius 3 is 2.58 bits per heavy atom. The van der Waals surface area contributed by atoms with Gasteiger partial charge in [0.2, 0.25) is 5.91 Å². The van der Waals surface area contributed by atoms with Crippen LogP contribution < -0.4 is 5.32 Å². The highest BCUT2D eigenvalue weighted by Crippen LogP contribution is 2.31. The number of aromatic nitrogens is 1. The van der Waals surface area contributed by atoms with Gasteiger partial charge in [0.15, 0.2) is 5.13 Å². The highest BCUT2D eigenvalue weighted by atomic mass is 35.5. The molecule has 1 amide bonds. The van der Waals surface area contributed by atoms with Crippen molar-refractivity contribution in [1.29, 1.82) is 0 Å². The summed E-state index contributed by atoms with van der Waals surface area (Å²) >= 11 is 14.9. The number of aryl methyl sites for hydroxylation is 1. The maximum atomic E-state index is 12.4. The zero-order chi connectivity index (χ0) is 18.7. The molecule has 2 aromatic carbocycles. The topological polar surface area (TPSA) is 42.0 Å². The van der Waals surface area contributed by atoms with Crippen molar-refractivity contribution in [1.82, 2.24) is 4.98 Å². The molecule has 0 fully saturated rings. The van der Waals surface area contributed by atoms with Gasteiger partial charge in [0.25, 0.3) is 0 Å². The summed E-state index contributed by atoms with van der Waals surface area (Å²) in [6, 6.07) is 13.5. The first-order chi connectivity index (χ1) is 12.4. The van der Waals surface area contributed by atoms with E-state index in [0.717, 1.165) is 16.2 Å². The standard InChI is InChI=1S/C19H16Cl2N2OS2/c1-11-3-6-14(7-4-11)26-12(2)18(24)23-19-22-17(10-25-19)13-5-8-15(20)16(21)9-13/h3-10,12H,1-2H3,(H,22,23,24). The molecule has 3 aromatic rings. The Bertz CT molecular complexity index is 926. The number of anilines is 1. The lowest BCUT2D eigenvalue weighted by atomic mass is 10.2. The van der Waals surface area contributed by atoms with Crippen LogP contribution in [0.1, 0.15) is 12.5 Å². The number of nitrogens with zero attached hydrogens (tertiary/aromatic N) is 1. The molecule has 134 valence electrons. The van der Waals surface area contributed by atoms with Gasteiger partial charge < -0.3 is 5.32 Å². The minimum atomic E-state index is -0.227. The minimum Gasteiger partial charge on any atom is -0.301 e. The third-order valence-electron chi connectivity index (χ3n) is 3.65. The van der Waals surface area contributed by atoms with Crippen LogP contribution in [0.25, 0.3) is 11.3 Å². The van der Waals surface area contributed by atoms with E-state index in [2.05, 4.69) is 10.3 Å². The Balaban J connectivity index is 1.65. The number of amides is 1. The number of thiazole rings is 1. The normalized spacial score (nSPS) is 12.0. The molecular formula is C19H16Cl2N2OS2. The Morgan fingerprint density at radius 1 is 1.15 bits per heavy atom. The van der Waals surface area contributed by atoms with E-state index < -0.39 is 0 Å². The summed E-state index contributed by atoms with van der Waals surface area (Å²) in [4.78, 5) is 18.0. The lowest BCUT2D eigenvalue weighted by Gasteiger charge is -2.10. The molecule has 1 atom stereocenters. The summed E-state index contributed by atoms with van der Waals surface area (Å²) in [5.41, 5.74) is 2.81. The smallest absolute Gasteiger partial charge is 0.239 e. The summed E-state index contributed by atoms with van der Waals surface area (Å²) in [6.45, 7) is 3.92. The van der Waals surface area contributed by atoms with Crippen molar-refractivity contribution in [3.63, 3.8) is 0 Å². The van der Waals surface area contributed by atoms with Crippen molar-refractivity contribution in [3.8, 4) is 11.3 Å². The van der Waals surface area contributed by atoms with Crippen LogP contribution in [-0.2, 0) is 4.79 Å². The quantitative estimate of drug-likeness (QED) is 0.474. The predicted molar refractivity (Wildman–Crippen MR) is 113 cm³/mol. The maximum Gasteiger partial charge on any atom is 0.239 e. The fourth-order valence-electron chi connectivity index (χ4n) is 2.20. The lowest BCUT2D eigenvalue weighted by molar-refractivity contribution is -0.115. The fraction of sp³-hybridized carbons (Fsp3) is 0.158. The second-order valence-electron chi connectivity index (χ2n) is 5.73. The van der Waals surface area contributed by atoms with Crippen LogP contribution >= 0.6 is 46.3 Å². The van der Waals surface area contributed by atoms with E-state index >= 15 is 0 Å². The molecule has 0 saturated heterocycles. The molecule has 1 unspecified atom stereocenters. The van der Waals surface area contributed by atoms with Gasteiger partial charge in [0.1, 0.15) is 0 Å². The first-order valence-corrected chi connectivity index (χ1v) is 10.4. The third-order valence-corrected chi connectivity index (χ3v) is 6.26. The highest BCUT2D eigenvalue weighted by molar-refractivity contribution is 8.00. The van der Waals surface area contributed by atoms with E-state index in [1.807, 2.05) is 49.6 Å². The molecule has 7 heteroatoms. The van der Waals surface area contributed by atoms with Crippen LogP contribution in [0.2, 0.25) is 10.0 Å². The van der Waals surface area contributed by atoms with E-state index in [0.29, 0.717) is 15.2 Å². The molecule has 3 nitrogen and oxygen atoms in total. The first kappa shape index (κ1) is 19.2. The molecule has 1 aromatic heterocycles. The zero-order valence-electron chi connectivity index (χ0n) is 14.1. The van der Waals surface area contributed by atoms with Crippen LogP contribution in [0, 0.1) is 6.92 Å². The molecule has 0 spiro atoms. The molecule has 0 radical (unpaired) electrons. The van der Waals surface area contributed by atoms with Gasteiger partial charge in [-0.2, -0.15) is 0 Å². The molecule has 0 bridgehead atoms. The second-order valence-corrected chi connectivity index (χ2v) is 8.82. The Morgan fingerprint density at radius 2 is 1.88 bits per heavy atom. The molecule has 0 aliphatic rings. The molecule has 0 saturated carbocycles. The number of carbonyl (C=O) groups excluding carboxylic acids is 1. The summed E-state index contributed by atoms with van der Waals surface area (Å²) < 4.78 is 0. The van der Waals surface area contributed by atoms with E-state index in [9.17, 15) is 4.79 Å². The van der Waals surface area contributed by atoms with Crippen molar-refractivity contribution in [2.75, 3.05) is 5.32 Å². The maximum absolute atomic E-state index is 12.4. The number of halogens is 2. The number of carbonyl (C=O) groups is 1. The molecule has 1 N–H and O–H groups in total. The summed E-state index contributed by atoms with van der Waals surface area (Å²) in [5.74, 6) is -0.0781. The van der Waals surface area contributed by atoms with Crippen molar-refractivity contribution in [2.45, 2.75) is 24.0 Å². The summed E-state index contributed by atoms with van der Waals surface area (Å²) in [6.07, 6.45) is 0. The monoisotopic (exact) mass is 422 g/mol. The van der Waals surface area contributed by atoms with Crippen LogP contribution in [-0.4, -0.2) is 16.1 Å². The van der Waals surface area contributed by atoms with E-state index in [1.54, 1.807) is 12.1 Å². The van der Waals surface area contributed by atoms with Gasteiger partial charge in [-0.25, -0.2) is 4.98 Å². The number of hydrogen-bond acceptors (Lipinski definition) is 4. The number of benzene rings is 2. The Hall–Kier alpha value is -1.53. The molecule has 3 rings (SSSR count). The zero-order valence-corrected chi connectivity index (χ0v) is 17.3. The van der Waals surface area contributed by atoms with Crippen molar-refractivity contribution < 1.29 is 4.79 Å². The van der Waals surface area contributed by atoms with Crippen LogP contribution in [0.5, 0.6) is 0 Å². The third kappa shape index (κ3) is 4.80. The molecule has 0 aliphatic carbocycles. The van der Waals surface area contributed by atoms with Crippen LogP contribution in [0.4, 0.5) is 5.13 Å². The van der Waals surface area contributed by atoms with Gasteiger partial charge >= 0.3 is 0 Å². The second kappa shape index (κ2) is 8.44. The average molecular weight is 423 g/mol. The number of hydrogen-bond donors (Lipinski definition) is 1. The summed E-state index contributed by atoms with van der Waals surface area (Å²) in [7, 11) is 0. The Kier molecular flexibility index (Phi) is 6.24. The number of thioether (sulfide) groups is 1. The van der Waals surface area contributed by atoms with Gasteiger partial charge in [-0.05, 0) is 38.1 Å². The molecule has 26 heavy (non-hydrogen) atoms. The SMILES string of the molecule is Cc1ccc(SC(C)C(=O)Nc2nc(-c3ccc(Cl)c(Cl)c3)cs2)cc1. The van der Waals surface area contributed by atoms with Crippen molar-refractivity contribution in [2.24, 2.45) is 0 Å². The van der Waals surface area contributed by atoms with E-state index in [-0.39, 0.29) is 11.2 Å². The predicted octanol–water partition coefficient (Wildman–Crippen LogP) is 6.54. The summed E-state index contributed by atoms with van der Waals surface area (Å²) in [5, 5.41) is 6.07. The largest absolute Gasteiger partial charge is 0.301 e. The lowest BCUT2D eigenvalue weighted by Crippen LogP contribution is -2.22. The first-order valence-electron chi connectivity index (χ1n) is 7.87. The highest BCUT2D eigenvalue weighted by Gasteiger charge is 2.16. The number of nitrogens with one attached hydrogen (secondary N) is 1. The van der Waals surface area contributed by atoms with Gasteiger partial charge in [-0.15, -0.1) is 23.1 Å². The van der Waals surface area contributed by atoms with Crippen molar-refractivity contribution >= 4 is 57.3 Å². The van der Waals surface area contributed by atoms with Gasteiger partial charge in [-0.1, -0.05) is 47.0 Å². The van der Waals surface area contributed by atoms with Gasteiger partial charge in [-0.3, -0.25) is 4.79 Å². The van der Waals surface area contributed by atoms with Crippen molar-refractivity contribution in [3.05, 3.63) is 63.5 Å². The average Bonchev–Trinajstić information content (AvgIpc) is 3.07. The van der Waals surface area contributed by atoms with Crippen LogP contribution in [0.3, 0.4) is 0 Å². The van der Waals surface area contributed by atoms with Gasteiger partial charge in [0.05, 0.1) is 21.0 Å². The fourth-order valence-corrected chi connectivity index (χ4v) is 4.09.